The Bertz CT molecular complexity index is 1830. The molecule has 15 heteroatoms. The van der Waals surface area contributed by atoms with Crippen LogP contribution in [-0.2, 0) is 18.4 Å². The number of nitrogens with zero attached hydrogens (tertiary/aromatic N) is 6. The minimum atomic E-state index is -1.13. The second kappa shape index (κ2) is 9.96. The van der Waals surface area contributed by atoms with Crippen molar-refractivity contribution in [2.24, 2.45) is 7.05 Å². The molecule has 1 aliphatic carbocycles. The van der Waals surface area contributed by atoms with E-state index in [9.17, 15) is 14.0 Å². The number of hydrogen-bond acceptors (Lipinski definition) is 8. The van der Waals surface area contributed by atoms with E-state index >= 15 is 4.39 Å². The molecule has 0 aliphatic heterocycles. The Morgan fingerprint density at radius 2 is 1.98 bits per heavy atom. The second-order valence-corrected chi connectivity index (χ2v) is 9.84. The predicted molar refractivity (Wildman–Crippen MR) is 140 cm³/mol. The zero-order chi connectivity index (χ0) is 28.9. The van der Waals surface area contributed by atoms with Crippen molar-refractivity contribution in [3.63, 3.8) is 0 Å². The van der Waals surface area contributed by atoms with Gasteiger partial charge in [0.15, 0.2) is 0 Å². The second-order valence-electron chi connectivity index (χ2n) is 9.46. The van der Waals surface area contributed by atoms with Crippen LogP contribution in [0.15, 0.2) is 47.0 Å². The van der Waals surface area contributed by atoms with Gasteiger partial charge in [0.1, 0.15) is 22.9 Å². The number of rotatable bonds is 8. The molecule has 2 aromatic carbocycles. The van der Waals surface area contributed by atoms with Gasteiger partial charge in [-0.05, 0) is 47.5 Å². The third-order valence-electron chi connectivity index (χ3n) is 6.80. The average Bonchev–Trinajstić information content (AvgIpc) is 3.25. The fourth-order valence-electron chi connectivity index (χ4n) is 4.54. The van der Waals surface area contributed by atoms with Crippen LogP contribution >= 0.6 is 11.6 Å². The molecule has 210 valence electrons. The quantitative estimate of drug-likeness (QED) is 0.284. The van der Waals surface area contributed by atoms with E-state index in [1.807, 2.05) is 0 Å². The van der Waals surface area contributed by atoms with Crippen molar-refractivity contribution in [2.75, 3.05) is 7.11 Å². The summed E-state index contributed by atoms with van der Waals surface area (Å²) in [5.41, 5.74) is 0.0229. The monoisotopic (exact) mass is 582 g/mol. The SMILES string of the molecule is COc1cc(C(=O)NC2(C(=O)NCc3ccc(-n4c(-c5nnn(C)n5)c(Cl)c5c(F)cccc54)cc3F)CC2)on1. The number of benzene rings is 2. The third-order valence-corrected chi connectivity index (χ3v) is 7.16. The molecule has 0 radical (unpaired) electrons. The number of methoxy groups -OCH3 is 1. The predicted octanol–water partition coefficient (Wildman–Crippen LogP) is 3.33. The maximum absolute atomic E-state index is 15.4. The number of aryl methyl sites for hydroxylation is 1. The molecule has 1 aliphatic rings. The molecule has 1 saturated carbocycles. The van der Waals surface area contributed by atoms with E-state index in [-0.39, 0.29) is 45.7 Å². The number of halogens is 3. The van der Waals surface area contributed by atoms with Crippen molar-refractivity contribution >= 4 is 34.3 Å². The first-order chi connectivity index (χ1) is 19.7. The standard InChI is InChI=1S/C26H21ClF2N8O4/c1-36-33-23(32-35-36)22-21(27)20-15(28)4-3-5-17(20)37(22)14-7-6-13(16(29)10-14)12-30-25(39)26(8-9-26)31-24(38)18-11-19(40-2)34-41-18/h3-7,10-11H,8-9,12H2,1-2H3,(H,30,39)(H,31,38). The van der Waals surface area contributed by atoms with Crippen molar-refractivity contribution in [1.82, 2.24) is 40.6 Å². The number of amides is 2. The summed E-state index contributed by atoms with van der Waals surface area (Å²) in [5.74, 6) is -2.11. The third kappa shape index (κ3) is 4.65. The largest absolute Gasteiger partial charge is 0.479 e. The lowest BCUT2D eigenvalue weighted by molar-refractivity contribution is -0.124. The molecule has 0 saturated heterocycles. The first kappa shape index (κ1) is 26.4. The Balaban J connectivity index is 1.24. The van der Waals surface area contributed by atoms with Crippen LogP contribution < -0.4 is 15.4 Å². The van der Waals surface area contributed by atoms with Crippen LogP contribution in [0.2, 0.25) is 5.02 Å². The van der Waals surface area contributed by atoms with Gasteiger partial charge in [-0.2, -0.15) is 4.80 Å². The highest BCUT2D eigenvalue weighted by Crippen LogP contribution is 2.40. The smallest absolute Gasteiger partial charge is 0.290 e. The molecule has 2 N–H and O–H groups in total. The van der Waals surface area contributed by atoms with Crippen molar-refractivity contribution in [3.05, 3.63) is 70.4 Å². The minimum Gasteiger partial charge on any atom is -0.479 e. The number of carbonyl (C=O) groups is 2. The Labute approximate surface area is 235 Å². The molecule has 6 rings (SSSR count). The highest BCUT2D eigenvalue weighted by molar-refractivity contribution is 6.38. The van der Waals surface area contributed by atoms with Gasteiger partial charge in [0.05, 0.1) is 36.1 Å². The van der Waals surface area contributed by atoms with Gasteiger partial charge in [-0.25, -0.2) is 8.78 Å². The molecule has 12 nitrogen and oxygen atoms in total. The molecule has 5 aromatic rings. The number of tetrazole rings is 1. The summed E-state index contributed by atoms with van der Waals surface area (Å²) in [6.45, 7) is -0.140. The van der Waals surface area contributed by atoms with Gasteiger partial charge in [-0.3, -0.25) is 9.59 Å². The molecule has 0 bridgehead atoms. The van der Waals surface area contributed by atoms with Gasteiger partial charge in [0.2, 0.25) is 17.5 Å². The lowest BCUT2D eigenvalue weighted by Crippen LogP contribution is -2.48. The maximum Gasteiger partial charge on any atom is 0.290 e. The van der Waals surface area contributed by atoms with Crippen molar-refractivity contribution in [2.45, 2.75) is 24.9 Å². The van der Waals surface area contributed by atoms with Crippen molar-refractivity contribution in [1.29, 1.82) is 0 Å². The van der Waals surface area contributed by atoms with E-state index in [1.165, 1.54) is 42.2 Å². The molecule has 41 heavy (non-hydrogen) atoms. The fraction of sp³-hybridized carbons (Fsp3) is 0.231. The summed E-state index contributed by atoms with van der Waals surface area (Å²) in [6, 6.07) is 10.1. The molecule has 1 fully saturated rings. The fourth-order valence-corrected chi connectivity index (χ4v) is 4.89. The first-order valence-corrected chi connectivity index (χ1v) is 12.7. The van der Waals surface area contributed by atoms with E-state index < -0.39 is 29.0 Å². The van der Waals surface area contributed by atoms with Gasteiger partial charge < -0.3 is 24.5 Å². The van der Waals surface area contributed by atoms with Gasteiger partial charge in [-0.1, -0.05) is 23.7 Å². The molecular formula is C26H21ClF2N8O4. The Morgan fingerprint density at radius 3 is 2.63 bits per heavy atom. The Morgan fingerprint density at radius 1 is 1.17 bits per heavy atom. The van der Waals surface area contributed by atoms with Crippen LogP contribution in [-0.4, -0.2) is 54.4 Å². The highest BCUT2D eigenvalue weighted by atomic mass is 35.5. The van der Waals surface area contributed by atoms with E-state index in [0.717, 1.165) is 0 Å². The van der Waals surface area contributed by atoms with Crippen LogP contribution in [0.1, 0.15) is 29.0 Å². The highest BCUT2D eigenvalue weighted by Gasteiger charge is 2.51. The Kier molecular flexibility index (Phi) is 6.41. The molecule has 0 unspecified atom stereocenters. The van der Waals surface area contributed by atoms with Crippen LogP contribution in [0.3, 0.4) is 0 Å². The summed E-state index contributed by atoms with van der Waals surface area (Å²) in [4.78, 5) is 26.6. The zero-order valence-electron chi connectivity index (χ0n) is 21.6. The number of ether oxygens (including phenoxy) is 1. The first-order valence-electron chi connectivity index (χ1n) is 12.3. The summed E-state index contributed by atoms with van der Waals surface area (Å²) >= 11 is 6.58. The zero-order valence-corrected chi connectivity index (χ0v) is 22.4. The maximum atomic E-state index is 15.4. The molecule has 2 amide bonds. The lowest BCUT2D eigenvalue weighted by atomic mass is 10.1. The van der Waals surface area contributed by atoms with Gasteiger partial charge in [-0.15, -0.1) is 10.2 Å². The van der Waals surface area contributed by atoms with Crippen molar-refractivity contribution < 1.29 is 27.6 Å². The topological polar surface area (TPSA) is 142 Å². The summed E-state index contributed by atoms with van der Waals surface area (Å²) in [6.07, 6.45) is 0.822. The van der Waals surface area contributed by atoms with E-state index in [0.29, 0.717) is 24.0 Å². The summed E-state index contributed by atoms with van der Waals surface area (Å²) in [7, 11) is 2.95. The van der Waals surface area contributed by atoms with Crippen molar-refractivity contribution in [3.8, 4) is 23.1 Å². The van der Waals surface area contributed by atoms with E-state index in [1.54, 1.807) is 23.7 Å². The minimum absolute atomic E-state index is 0.0587. The molecule has 3 heterocycles. The molecular weight excluding hydrogens is 562 g/mol. The van der Waals surface area contributed by atoms with Crippen LogP contribution in [0.5, 0.6) is 5.88 Å². The number of hydrogen-bond donors (Lipinski definition) is 2. The van der Waals surface area contributed by atoms with Crippen LogP contribution in [0.25, 0.3) is 28.1 Å². The normalized spacial score (nSPS) is 13.8. The van der Waals surface area contributed by atoms with Gasteiger partial charge >= 0.3 is 0 Å². The number of fused-ring (bicyclic) bond motifs is 1. The Hall–Kier alpha value is -4.85. The number of carbonyl (C=O) groups excluding carboxylic acids is 2. The lowest BCUT2D eigenvalue weighted by Gasteiger charge is -2.17. The molecule has 0 spiro atoms. The van der Waals surface area contributed by atoms with Gasteiger partial charge in [0.25, 0.3) is 11.8 Å². The number of aromatic nitrogens is 6. The molecule has 0 atom stereocenters. The van der Waals surface area contributed by atoms with Gasteiger partial charge in [0, 0.05) is 17.8 Å². The van der Waals surface area contributed by atoms with Crippen LogP contribution in [0, 0.1) is 11.6 Å². The average molecular weight is 583 g/mol. The van der Waals surface area contributed by atoms with E-state index in [4.69, 9.17) is 20.9 Å². The summed E-state index contributed by atoms with van der Waals surface area (Å²) < 4.78 is 41.5. The summed E-state index contributed by atoms with van der Waals surface area (Å²) in [5, 5.41) is 21.1. The van der Waals surface area contributed by atoms with E-state index in [2.05, 4.69) is 31.2 Å². The van der Waals surface area contributed by atoms with Crippen LogP contribution in [0.4, 0.5) is 8.78 Å². The number of nitrogens with one attached hydrogen (secondary N) is 2. The molecule has 3 aromatic heterocycles.